The number of non-ortho nitro benzene ring substituents is 1. The number of amides is 1. The highest BCUT2D eigenvalue weighted by atomic mass is 16.6. The smallest absolute Gasteiger partial charge is 0.270 e. The first-order valence-corrected chi connectivity index (χ1v) is 6.59. The Hall–Kier alpha value is -3.09. The van der Waals surface area contributed by atoms with Crippen molar-refractivity contribution in [2.24, 2.45) is 0 Å². The van der Waals surface area contributed by atoms with Gasteiger partial charge in [-0.05, 0) is 18.2 Å². The van der Waals surface area contributed by atoms with Crippen molar-refractivity contribution in [3.63, 3.8) is 0 Å². The van der Waals surface area contributed by atoms with Crippen molar-refractivity contribution in [1.82, 2.24) is 0 Å². The van der Waals surface area contributed by atoms with Gasteiger partial charge in [-0.1, -0.05) is 6.07 Å². The van der Waals surface area contributed by atoms with Crippen LogP contribution < -0.4 is 14.8 Å². The molecule has 0 radical (unpaired) electrons. The second-order valence-corrected chi connectivity index (χ2v) is 4.62. The third-order valence-electron chi connectivity index (χ3n) is 3.12. The summed E-state index contributed by atoms with van der Waals surface area (Å²) in [7, 11) is 0. The average Bonchev–Trinajstić information content (AvgIpc) is 2.55. The molecule has 1 heterocycles. The molecule has 2 aromatic carbocycles. The fraction of sp³-hybridized carbons (Fsp3) is 0.133. The number of hydrogen-bond acceptors (Lipinski definition) is 5. The molecule has 22 heavy (non-hydrogen) atoms. The minimum absolute atomic E-state index is 0.130. The summed E-state index contributed by atoms with van der Waals surface area (Å²) in [5.74, 6) is 0.753. The maximum Gasteiger partial charge on any atom is 0.270 e. The number of carbonyl (C=O) groups excluding carboxylic acids is 1. The lowest BCUT2D eigenvalue weighted by Gasteiger charge is -2.19. The second-order valence-electron chi connectivity index (χ2n) is 4.62. The van der Waals surface area contributed by atoms with Crippen molar-refractivity contribution in [2.75, 3.05) is 18.5 Å². The fourth-order valence-corrected chi connectivity index (χ4v) is 2.09. The molecular formula is C15H12N2O5. The lowest BCUT2D eigenvalue weighted by molar-refractivity contribution is -0.384. The minimum atomic E-state index is -0.541. The number of ether oxygens (including phenoxy) is 2. The number of anilines is 1. The van der Waals surface area contributed by atoms with Crippen LogP contribution in [-0.4, -0.2) is 24.0 Å². The normalized spacial score (nSPS) is 12.5. The molecule has 0 spiro atoms. The zero-order valence-corrected chi connectivity index (χ0v) is 11.4. The van der Waals surface area contributed by atoms with Gasteiger partial charge in [0.1, 0.15) is 13.2 Å². The Morgan fingerprint density at radius 1 is 1.09 bits per heavy atom. The molecule has 7 nitrogen and oxygen atoms in total. The van der Waals surface area contributed by atoms with Gasteiger partial charge in [-0.2, -0.15) is 0 Å². The van der Waals surface area contributed by atoms with E-state index in [1.807, 2.05) is 0 Å². The summed E-state index contributed by atoms with van der Waals surface area (Å²) in [4.78, 5) is 22.3. The zero-order chi connectivity index (χ0) is 15.5. The Labute approximate surface area is 125 Å². The van der Waals surface area contributed by atoms with Crippen LogP contribution in [0.5, 0.6) is 11.5 Å². The lowest BCUT2D eigenvalue weighted by Crippen LogP contribution is -2.16. The maximum absolute atomic E-state index is 12.2. The Balaban J connectivity index is 1.79. The van der Waals surface area contributed by atoms with E-state index in [-0.39, 0.29) is 11.3 Å². The molecule has 1 amide bonds. The molecule has 1 aliphatic rings. The summed E-state index contributed by atoms with van der Waals surface area (Å²) in [5.41, 5.74) is 0.611. The molecule has 0 aromatic heterocycles. The van der Waals surface area contributed by atoms with E-state index in [2.05, 4.69) is 5.32 Å². The van der Waals surface area contributed by atoms with Crippen LogP contribution in [0.4, 0.5) is 11.4 Å². The summed E-state index contributed by atoms with van der Waals surface area (Å²) in [6.07, 6.45) is 0. The van der Waals surface area contributed by atoms with Gasteiger partial charge in [-0.25, -0.2) is 0 Å². The number of rotatable bonds is 3. The molecule has 3 rings (SSSR count). The monoisotopic (exact) mass is 300 g/mol. The molecule has 0 aliphatic carbocycles. The highest BCUT2D eigenvalue weighted by Crippen LogP contribution is 2.32. The predicted molar refractivity (Wildman–Crippen MR) is 78.5 cm³/mol. The average molecular weight is 300 g/mol. The molecule has 0 saturated carbocycles. The molecule has 112 valence electrons. The Morgan fingerprint density at radius 3 is 2.64 bits per heavy atom. The fourth-order valence-electron chi connectivity index (χ4n) is 2.09. The Morgan fingerprint density at radius 2 is 1.86 bits per heavy atom. The number of nitro benzene ring substituents is 1. The predicted octanol–water partition coefficient (Wildman–Crippen LogP) is 2.62. The summed E-state index contributed by atoms with van der Waals surface area (Å²) >= 11 is 0. The van der Waals surface area contributed by atoms with Gasteiger partial charge < -0.3 is 14.8 Å². The van der Waals surface area contributed by atoms with Crippen molar-refractivity contribution in [3.8, 4) is 11.5 Å². The molecule has 1 N–H and O–H groups in total. The molecule has 0 atom stereocenters. The third kappa shape index (κ3) is 2.83. The van der Waals surface area contributed by atoms with Crippen molar-refractivity contribution in [2.45, 2.75) is 0 Å². The molecule has 2 aromatic rings. The summed E-state index contributed by atoms with van der Waals surface area (Å²) < 4.78 is 10.8. The van der Waals surface area contributed by atoms with Gasteiger partial charge in [0.15, 0.2) is 11.5 Å². The van der Waals surface area contributed by atoms with Gasteiger partial charge in [0.2, 0.25) is 0 Å². The number of benzene rings is 2. The highest BCUT2D eigenvalue weighted by molar-refractivity contribution is 6.04. The van der Waals surface area contributed by atoms with Gasteiger partial charge in [-0.15, -0.1) is 0 Å². The number of carbonyl (C=O) groups is 1. The molecule has 7 heteroatoms. The SMILES string of the molecule is O=C(Nc1ccc2c(c1)OCCO2)c1cccc([N+](=O)[O-])c1. The summed E-state index contributed by atoms with van der Waals surface area (Å²) in [6, 6.07) is 10.6. The number of nitrogens with one attached hydrogen (secondary N) is 1. The number of fused-ring (bicyclic) bond motifs is 1. The van der Waals surface area contributed by atoms with E-state index in [1.54, 1.807) is 18.2 Å². The largest absolute Gasteiger partial charge is 0.486 e. The maximum atomic E-state index is 12.2. The lowest BCUT2D eigenvalue weighted by atomic mass is 10.2. The first kappa shape index (κ1) is 13.9. The number of hydrogen-bond donors (Lipinski definition) is 1. The van der Waals surface area contributed by atoms with Crippen LogP contribution in [0, 0.1) is 10.1 Å². The van der Waals surface area contributed by atoms with Gasteiger partial charge in [0, 0.05) is 29.4 Å². The van der Waals surface area contributed by atoms with Gasteiger partial charge >= 0.3 is 0 Å². The van der Waals surface area contributed by atoms with Crippen molar-refractivity contribution >= 4 is 17.3 Å². The van der Waals surface area contributed by atoms with E-state index in [4.69, 9.17) is 9.47 Å². The first-order chi connectivity index (χ1) is 10.6. The van der Waals surface area contributed by atoms with Crippen LogP contribution in [0.15, 0.2) is 42.5 Å². The van der Waals surface area contributed by atoms with E-state index in [9.17, 15) is 14.9 Å². The minimum Gasteiger partial charge on any atom is -0.486 e. The van der Waals surface area contributed by atoms with Crippen LogP contribution in [0.25, 0.3) is 0 Å². The summed E-state index contributed by atoms with van der Waals surface area (Å²) in [5, 5.41) is 13.4. The Kier molecular flexibility index (Phi) is 3.61. The van der Waals surface area contributed by atoms with Crippen LogP contribution in [0.3, 0.4) is 0 Å². The van der Waals surface area contributed by atoms with Crippen molar-refractivity contribution in [3.05, 3.63) is 58.1 Å². The van der Waals surface area contributed by atoms with Gasteiger partial charge in [-0.3, -0.25) is 14.9 Å². The Bertz CT molecular complexity index is 744. The van der Waals surface area contributed by atoms with Crippen LogP contribution >= 0.6 is 0 Å². The van der Waals surface area contributed by atoms with Gasteiger partial charge in [0.05, 0.1) is 4.92 Å². The molecule has 0 bridgehead atoms. The van der Waals surface area contributed by atoms with Crippen LogP contribution in [0.2, 0.25) is 0 Å². The molecule has 0 fully saturated rings. The molecule has 0 saturated heterocycles. The van der Waals surface area contributed by atoms with Crippen LogP contribution in [-0.2, 0) is 0 Å². The van der Waals surface area contributed by atoms with Crippen molar-refractivity contribution in [1.29, 1.82) is 0 Å². The topological polar surface area (TPSA) is 90.7 Å². The van der Waals surface area contributed by atoms with E-state index in [1.165, 1.54) is 24.3 Å². The van der Waals surface area contributed by atoms with E-state index in [0.717, 1.165) is 0 Å². The number of nitro groups is 1. The molecule has 0 unspecified atom stereocenters. The van der Waals surface area contributed by atoms with Gasteiger partial charge in [0.25, 0.3) is 11.6 Å². The first-order valence-electron chi connectivity index (χ1n) is 6.59. The highest BCUT2D eigenvalue weighted by Gasteiger charge is 2.15. The van der Waals surface area contributed by atoms with Crippen molar-refractivity contribution < 1.29 is 19.2 Å². The third-order valence-corrected chi connectivity index (χ3v) is 3.12. The van der Waals surface area contributed by atoms with E-state index >= 15 is 0 Å². The quantitative estimate of drug-likeness (QED) is 0.695. The molecular weight excluding hydrogens is 288 g/mol. The summed E-state index contributed by atoms with van der Waals surface area (Å²) in [6.45, 7) is 0.946. The molecule has 1 aliphatic heterocycles. The number of nitrogens with zero attached hydrogens (tertiary/aromatic N) is 1. The van der Waals surface area contributed by atoms with E-state index < -0.39 is 10.8 Å². The van der Waals surface area contributed by atoms with Crippen LogP contribution in [0.1, 0.15) is 10.4 Å². The van der Waals surface area contributed by atoms with E-state index in [0.29, 0.717) is 30.4 Å². The second kappa shape index (κ2) is 5.72. The zero-order valence-electron chi connectivity index (χ0n) is 11.4. The standard InChI is InChI=1S/C15H12N2O5/c18-15(10-2-1-3-12(8-10)17(19)20)16-11-4-5-13-14(9-11)22-7-6-21-13/h1-5,8-9H,6-7H2,(H,16,18).